The molecule has 0 aliphatic heterocycles. The average molecular weight is 673 g/mol. The van der Waals surface area contributed by atoms with Crippen LogP contribution in [0.2, 0.25) is 0 Å². The smallest absolute Gasteiger partial charge is 0.460 e. The van der Waals surface area contributed by atoms with Crippen LogP contribution in [0, 0.1) is 0 Å². The lowest BCUT2D eigenvalue weighted by Crippen LogP contribution is -2.75. The predicted molar refractivity (Wildman–Crippen MR) is 116 cm³/mol. The van der Waals surface area contributed by atoms with Gasteiger partial charge in [0.2, 0.25) is 0 Å². The van der Waals surface area contributed by atoms with E-state index in [4.69, 9.17) is 0 Å². The van der Waals surface area contributed by atoms with Crippen molar-refractivity contribution in [2.45, 2.75) is 66.2 Å². The van der Waals surface area contributed by atoms with E-state index in [0.717, 1.165) is 24.3 Å². The van der Waals surface area contributed by atoms with Crippen molar-refractivity contribution >= 4 is 6.21 Å². The first-order valence-electron chi connectivity index (χ1n) is 11.4. The van der Waals surface area contributed by atoms with Crippen molar-refractivity contribution in [1.82, 2.24) is 0 Å². The van der Waals surface area contributed by atoms with E-state index in [1.807, 2.05) is 0 Å². The van der Waals surface area contributed by atoms with Crippen molar-refractivity contribution in [3.05, 3.63) is 65.7 Å². The molecule has 0 saturated heterocycles. The van der Waals surface area contributed by atoms with E-state index in [1.165, 1.54) is 30.3 Å². The van der Waals surface area contributed by atoms with Crippen LogP contribution in [0.5, 0.6) is 5.75 Å². The van der Waals surface area contributed by atoms with Gasteiger partial charge in [-0.3, -0.25) is 4.99 Å². The van der Waals surface area contributed by atoms with Gasteiger partial charge in [-0.2, -0.15) is 74.6 Å². The molecule has 0 aliphatic carbocycles. The number of aliphatic hydroxyl groups excluding tert-OH is 1. The van der Waals surface area contributed by atoms with Gasteiger partial charge in [0.25, 0.3) is 0 Å². The van der Waals surface area contributed by atoms with Crippen molar-refractivity contribution in [3.63, 3.8) is 0 Å². The summed E-state index contributed by atoms with van der Waals surface area (Å²) in [4.78, 5) is 3.25. The second kappa shape index (κ2) is 11.6. The quantitative estimate of drug-likeness (QED) is 0.179. The van der Waals surface area contributed by atoms with E-state index in [-0.39, 0.29) is 5.56 Å². The lowest BCUT2D eigenvalue weighted by molar-refractivity contribution is -0.464. The molecule has 2 aromatic rings. The van der Waals surface area contributed by atoms with Crippen LogP contribution in [-0.4, -0.2) is 76.2 Å². The number of rotatable bonds is 12. The summed E-state index contributed by atoms with van der Waals surface area (Å²) in [7, 11) is 0. The number of hydrogen-bond donors (Lipinski definition) is 2. The molecule has 0 unspecified atom stereocenters. The lowest BCUT2D eigenvalue weighted by atomic mass is 9.85. The highest BCUT2D eigenvalue weighted by Gasteiger charge is 2.95. The number of alkyl halides is 17. The highest BCUT2D eigenvalue weighted by molar-refractivity contribution is 5.83. The van der Waals surface area contributed by atoms with Crippen LogP contribution < -0.4 is 0 Å². The van der Waals surface area contributed by atoms with Crippen LogP contribution in [-0.2, 0) is 6.42 Å². The number of nitrogens with zero attached hydrogens (tertiary/aromatic N) is 1. The fourth-order valence-corrected chi connectivity index (χ4v) is 3.48. The fourth-order valence-electron chi connectivity index (χ4n) is 3.48. The molecule has 0 bridgehead atoms. The molecule has 248 valence electrons. The van der Waals surface area contributed by atoms with Crippen LogP contribution in [0.1, 0.15) is 11.1 Å². The summed E-state index contributed by atoms with van der Waals surface area (Å²) in [6.45, 7) is 0. The SMILES string of the molecule is Oc1ccccc1C=N[C@@H](Cc1ccccc1)[C@H](O)C(F)(F)C(F)(F)C(F)(F)C(F)(F)C(F)(F)C(F)(F)C(F)(F)C(F)(F)F. The summed E-state index contributed by atoms with van der Waals surface area (Å²) in [6, 6.07) is 7.35. The summed E-state index contributed by atoms with van der Waals surface area (Å²) < 4.78 is 232. The van der Waals surface area contributed by atoms with E-state index in [0.29, 0.717) is 6.21 Å². The normalized spacial score (nSPS) is 16.3. The minimum Gasteiger partial charge on any atom is -0.507 e. The molecular formula is C24H16F17NO2. The van der Waals surface area contributed by atoms with Gasteiger partial charge < -0.3 is 10.2 Å². The van der Waals surface area contributed by atoms with Gasteiger partial charge in [0.15, 0.2) is 0 Å². The first kappa shape index (κ1) is 36.9. The number of aromatic hydroxyl groups is 1. The fraction of sp³-hybridized carbons (Fsp3) is 0.458. The van der Waals surface area contributed by atoms with E-state index < -0.39 is 77.5 Å². The van der Waals surface area contributed by atoms with Gasteiger partial charge in [-0.15, -0.1) is 0 Å². The number of phenolic OH excluding ortho intramolecular Hbond substituents is 1. The molecule has 0 fully saturated rings. The molecule has 20 heteroatoms. The van der Waals surface area contributed by atoms with Crippen molar-refractivity contribution in [1.29, 1.82) is 0 Å². The van der Waals surface area contributed by atoms with Gasteiger partial charge in [-0.25, -0.2) is 0 Å². The Labute approximate surface area is 234 Å². The third-order valence-electron chi connectivity index (χ3n) is 6.11. The zero-order valence-corrected chi connectivity index (χ0v) is 20.9. The maximum Gasteiger partial charge on any atom is 0.460 e. The minimum absolute atomic E-state index is 0.192. The predicted octanol–water partition coefficient (Wildman–Crippen LogP) is 7.79. The van der Waals surface area contributed by atoms with Crippen LogP contribution >= 0.6 is 0 Å². The number of benzene rings is 2. The standard InChI is InChI=1S/C24H16F17NO2/c25-17(26,16(44)14(10-12-6-2-1-3-7-12)42-11-13-8-4-5-9-15(13)43)18(27,28)19(29,30)20(31,32)21(33,34)22(35,36)23(37,38)24(39,40)41/h1-9,11,14,16,43-44H,10H2/t14-,16-/m0/s1. The van der Waals surface area contributed by atoms with E-state index in [9.17, 15) is 84.9 Å². The molecule has 0 heterocycles. The van der Waals surface area contributed by atoms with E-state index >= 15 is 0 Å². The van der Waals surface area contributed by atoms with Crippen LogP contribution in [0.4, 0.5) is 74.6 Å². The Morgan fingerprint density at radius 3 is 1.43 bits per heavy atom. The van der Waals surface area contributed by atoms with E-state index in [1.54, 1.807) is 0 Å². The number of hydrogen-bond acceptors (Lipinski definition) is 3. The Morgan fingerprint density at radius 1 is 0.568 bits per heavy atom. The summed E-state index contributed by atoms with van der Waals surface area (Å²) in [5.74, 6) is -58.8. The molecule has 2 N–H and O–H groups in total. The highest BCUT2D eigenvalue weighted by atomic mass is 19.4. The van der Waals surface area contributed by atoms with Gasteiger partial charge in [-0.05, 0) is 24.1 Å². The first-order chi connectivity index (χ1) is 19.6. The highest BCUT2D eigenvalue weighted by Crippen LogP contribution is 2.64. The largest absolute Gasteiger partial charge is 0.507 e. The van der Waals surface area contributed by atoms with Crippen molar-refractivity contribution in [2.75, 3.05) is 0 Å². The monoisotopic (exact) mass is 673 g/mol. The van der Waals surface area contributed by atoms with Gasteiger partial charge in [0.05, 0.1) is 6.04 Å². The Hall–Kier alpha value is -3.32. The number of aliphatic imine (C=N–C) groups is 1. The summed E-state index contributed by atoms with van der Waals surface area (Å²) in [5.41, 5.74) is -0.583. The maximum absolute atomic E-state index is 14.8. The molecule has 2 atom stereocenters. The number of aliphatic hydroxyl groups is 1. The third kappa shape index (κ3) is 5.76. The third-order valence-corrected chi connectivity index (χ3v) is 6.11. The molecule has 0 amide bonds. The molecule has 2 rings (SSSR count). The zero-order valence-electron chi connectivity index (χ0n) is 20.9. The zero-order chi connectivity index (χ0) is 34.4. The lowest BCUT2D eigenvalue weighted by Gasteiger charge is -2.43. The topological polar surface area (TPSA) is 52.8 Å². The second-order valence-corrected chi connectivity index (χ2v) is 9.11. The van der Waals surface area contributed by atoms with Gasteiger partial charge >= 0.3 is 47.6 Å². The van der Waals surface area contributed by atoms with Gasteiger partial charge in [0.1, 0.15) is 11.9 Å². The van der Waals surface area contributed by atoms with Crippen LogP contribution in [0.3, 0.4) is 0 Å². The minimum atomic E-state index is -8.78. The molecule has 3 nitrogen and oxygen atoms in total. The Bertz CT molecular complexity index is 1310. The van der Waals surface area contributed by atoms with Crippen LogP contribution in [0.25, 0.3) is 0 Å². The number of para-hydroxylation sites is 1. The molecule has 0 spiro atoms. The summed E-state index contributed by atoms with van der Waals surface area (Å²) >= 11 is 0. The Balaban J connectivity index is 2.64. The van der Waals surface area contributed by atoms with Crippen molar-refractivity contribution in [2.24, 2.45) is 4.99 Å². The number of halogens is 17. The average Bonchev–Trinajstić information content (AvgIpc) is 2.90. The Morgan fingerprint density at radius 2 is 0.977 bits per heavy atom. The molecule has 0 aromatic heterocycles. The maximum atomic E-state index is 14.8. The molecule has 0 aliphatic rings. The summed E-state index contributed by atoms with van der Waals surface area (Å²) in [5, 5.41) is 19.7. The van der Waals surface area contributed by atoms with E-state index in [2.05, 4.69) is 4.99 Å². The van der Waals surface area contributed by atoms with Gasteiger partial charge in [-0.1, -0.05) is 42.5 Å². The molecule has 44 heavy (non-hydrogen) atoms. The molecule has 2 aromatic carbocycles. The molecule has 0 radical (unpaired) electrons. The van der Waals surface area contributed by atoms with Crippen molar-refractivity contribution in [3.8, 4) is 5.75 Å². The van der Waals surface area contributed by atoms with Crippen molar-refractivity contribution < 1.29 is 84.9 Å². The second-order valence-electron chi connectivity index (χ2n) is 9.11. The first-order valence-corrected chi connectivity index (χ1v) is 11.4. The van der Waals surface area contributed by atoms with Gasteiger partial charge in [0, 0.05) is 11.8 Å². The number of phenols is 1. The Kier molecular flexibility index (Phi) is 9.68. The van der Waals surface area contributed by atoms with Crippen LogP contribution in [0.15, 0.2) is 59.6 Å². The molecule has 0 saturated carbocycles. The molecular weight excluding hydrogens is 657 g/mol. The summed E-state index contributed by atoms with van der Waals surface area (Å²) in [6.07, 6.45) is -13.0.